The molecule has 1 aromatic carbocycles. The van der Waals surface area contributed by atoms with Crippen LogP contribution in [0.25, 0.3) is 0 Å². The van der Waals surface area contributed by atoms with Crippen LogP contribution in [0.15, 0.2) is 24.3 Å². The van der Waals surface area contributed by atoms with Gasteiger partial charge in [0.15, 0.2) is 5.78 Å². The Morgan fingerprint density at radius 1 is 1.24 bits per heavy atom. The van der Waals surface area contributed by atoms with Crippen LogP contribution < -0.4 is 5.32 Å². The lowest BCUT2D eigenvalue weighted by atomic mass is 9.86. The first-order chi connectivity index (χ1) is 9.86. The minimum Gasteiger partial charge on any atom is -0.394 e. The maximum atomic E-state index is 12.3. The molecule has 0 heterocycles. The fourth-order valence-electron chi connectivity index (χ4n) is 1.99. The van der Waals surface area contributed by atoms with Crippen LogP contribution in [0.3, 0.4) is 0 Å². The third-order valence-corrected chi connectivity index (χ3v) is 3.36. The number of ether oxygens (including phenoxy) is 1. The summed E-state index contributed by atoms with van der Waals surface area (Å²) in [7, 11) is 0. The standard InChI is InChI=1S/C17H27NO3/c1-13(18-9-11-21-12-10-19)16(20)14-5-7-15(8-6-14)17(2,3)4/h5-8,13,18-19H,9-12H2,1-4H3. The molecule has 0 radical (unpaired) electrons. The zero-order valence-corrected chi connectivity index (χ0v) is 13.5. The van der Waals surface area contributed by atoms with Gasteiger partial charge in [0.25, 0.3) is 0 Å². The van der Waals surface area contributed by atoms with E-state index in [4.69, 9.17) is 9.84 Å². The van der Waals surface area contributed by atoms with E-state index in [9.17, 15) is 4.79 Å². The van der Waals surface area contributed by atoms with Gasteiger partial charge in [0.05, 0.1) is 25.9 Å². The molecule has 1 aromatic rings. The maximum absolute atomic E-state index is 12.3. The molecule has 4 nitrogen and oxygen atoms in total. The van der Waals surface area contributed by atoms with E-state index in [2.05, 4.69) is 26.1 Å². The van der Waals surface area contributed by atoms with Crippen molar-refractivity contribution in [1.29, 1.82) is 0 Å². The molecule has 0 spiro atoms. The lowest BCUT2D eigenvalue weighted by Crippen LogP contribution is -2.36. The van der Waals surface area contributed by atoms with Gasteiger partial charge < -0.3 is 15.2 Å². The molecule has 118 valence electrons. The summed E-state index contributed by atoms with van der Waals surface area (Å²) in [6.45, 7) is 9.74. The molecular formula is C17H27NO3. The van der Waals surface area contributed by atoms with E-state index in [-0.39, 0.29) is 23.8 Å². The van der Waals surface area contributed by atoms with Gasteiger partial charge in [-0.15, -0.1) is 0 Å². The van der Waals surface area contributed by atoms with Crippen LogP contribution >= 0.6 is 0 Å². The summed E-state index contributed by atoms with van der Waals surface area (Å²) in [5.41, 5.74) is 2.03. The van der Waals surface area contributed by atoms with Crippen LogP contribution in [0.2, 0.25) is 0 Å². The molecule has 2 N–H and O–H groups in total. The second-order valence-corrected chi connectivity index (χ2v) is 6.20. The Morgan fingerprint density at radius 2 is 1.86 bits per heavy atom. The van der Waals surface area contributed by atoms with Gasteiger partial charge in [-0.2, -0.15) is 0 Å². The lowest BCUT2D eigenvalue weighted by molar-refractivity contribution is 0.0870. The summed E-state index contributed by atoms with van der Waals surface area (Å²) in [5, 5.41) is 11.7. The van der Waals surface area contributed by atoms with Gasteiger partial charge >= 0.3 is 0 Å². The van der Waals surface area contributed by atoms with E-state index < -0.39 is 0 Å². The largest absolute Gasteiger partial charge is 0.394 e. The van der Waals surface area contributed by atoms with Crippen LogP contribution in [-0.4, -0.2) is 43.3 Å². The molecule has 0 aliphatic heterocycles. The minimum absolute atomic E-state index is 0.0224. The number of hydrogen-bond acceptors (Lipinski definition) is 4. The number of benzene rings is 1. The first-order valence-electron chi connectivity index (χ1n) is 7.43. The normalized spacial score (nSPS) is 13.2. The van der Waals surface area contributed by atoms with Gasteiger partial charge in [0.2, 0.25) is 0 Å². The zero-order chi connectivity index (χ0) is 15.9. The van der Waals surface area contributed by atoms with Crippen molar-refractivity contribution < 1.29 is 14.6 Å². The smallest absolute Gasteiger partial charge is 0.179 e. The molecule has 0 aliphatic carbocycles. The SMILES string of the molecule is CC(NCCOCCO)C(=O)c1ccc(C(C)(C)C)cc1. The minimum atomic E-state index is -0.247. The molecule has 1 rings (SSSR count). The first-order valence-corrected chi connectivity index (χ1v) is 7.43. The lowest BCUT2D eigenvalue weighted by Gasteiger charge is -2.19. The monoisotopic (exact) mass is 293 g/mol. The molecule has 0 aromatic heterocycles. The molecular weight excluding hydrogens is 266 g/mol. The summed E-state index contributed by atoms with van der Waals surface area (Å²) < 4.78 is 5.15. The van der Waals surface area contributed by atoms with Crippen LogP contribution in [0, 0.1) is 0 Å². The molecule has 1 unspecified atom stereocenters. The van der Waals surface area contributed by atoms with Crippen LogP contribution in [-0.2, 0) is 10.2 Å². The molecule has 0 saturated carbocycles. The highest BCUT2D eigenvalue weighted by atomic mass is 16.5. The summed E-state index contributed by atoms with van der Waals surface area (Å²) in [6, 6.07) is 7.57. The number of aliphatic hydroxyl groups is 1. The van der Waals surface area contributed by atoms with Gasteiger partial charge in [-0.1, -0.05) is 45.0 Å². The van der Waals surface area contributed by atoms with E-state index >= 15 is 0 Å². The van der Waals surface area contributed by atoms with Crippen molar-refractivity contribution in [3.63, 3.8) is 0 Å². The second kappa shape index (κ2) is 8.27. The summed E-state index contributed by atoms with van der Waals surface area (Å²) in [6.07, 6.45) is 0. The predicted octanol–water partition coefficient (Wildman–Crippen LogP) is 2.15. The van der Waals surface area contributed by atoms with E-state index in [0.717, 1.165) is 5.56 Å². The number of carbonyl (C=O) groups excluding carboxylic acids is 1. The number of Topliss-reactive ketones (excluding diaryl/α,β-unsaturated/α-hetero) is 1. The van der Waals surface area contributed by atoms with Crippen molar-refractivity contribution in [2.75, 3.05) is 26.4 Å². The molecule has 1 atom stereocenters. The van der Waals surface area contributed by atoms with E-state index in [1.807, 2.05) is 31.2 Å². The van der Waals surface area contributed by atoms with Crippen molar-refractivity contribution >= 4 is 5.78 Å². The molecule has 4 heteroatoms. The first kappa shape index (κ1) is 17.8. The van der Waals surface area contributed by atoms with Gasteiger partial charge in [-0.05, 0) is 17.9 Å². The Labute approximate surface area is 127 Å². The zero-order valence-electron chi connectivity index (χ0n) is 13.5. The number of aliphatic hydroxyl groups excluding tert-OH is 1. The molecule has 0 bridgehead atoms. The maximum Gasteiger partial charge on any atom is 0.179 e. The number of nitrogens with one attached hydrogen (secondary N) is 1. The van der Waals surface area contributed by atoms with Crippen LogP contribution in [0.1, 0.15) is 43.6 Å². The fourth-order valence-corrected chi connectivity index (χ4v) is 1.99. The average Bonchev–Trinajstić information content (AvgIpc) is 2.45. The van der Waals surface area contributed by atoms with Gasteiger partial charge in [0, 0.05) is 12.1 Å². The Balaban J connectivity index is 2.50. The average molecular weight is 293 g/mol. The Kier molecular flexibility index (Phi) is 7.02. The number of hydrogen-bond donors (Lipinski definition) is 2. The molecule has 0 aliphatic rings. The van der Waals surface area contributed by atoms with Gasteiger partial charge in [-0.25, -0.2) is 0 Å². The van der Waals surface area contributed by atoms with Gasteiger partial charge in [-0.3, -0.25) is 4.79 Å². The van der Waals surface area contributed by atoms with Crippen molar-refractivity contribution in [3.8, 4) is 0 Å². The van der Waals surface area contributed by atoms with Crippen LogP contribution in [0.5, 0.6) is 0 Å². The van der Waals surface area contributed by atoms with Crippen molar-refractivity contribution in [1.82, 2.24) is 5.32 Å². The highest BCUT2D eigenvalue weighted by molar-refractivity contribution is 5.99. The Morgan fingerprint density at radius 3 is 2.38 bits per heavy atom. The molecule has 21 heavy (non-hydrogen) atoms. The Bertz CT molecular complexity index is 434. The second-order valence-electron chi connectivity index (χ2n) is 6.20. The van der Waals surface area contributed by atoms with Crippen LogP contribution in [0.4, 0.5) is 0 Å². The van der Waals surface area contributed by atoms with E-state index in [1.54, 1.807) is 0 Å². The molecule has 0 fully saturated rings. The highest BCUT2D eigenvalue weighted by Gasteiger charge is 2.17. The topological polar surface area (TPSA) is 58.6 Å². The number of ketones is 1. The molecule has 0 saturated heterocycles. The van der Waals surface area contributed by atoms with Gasteiger partial charge in [0.1, 0.15) is 0 Å². The summed E-state index contributed by atoms with van der Waals surface area (Å²) >= 11 is 0. The Hall–Kier alpha value is -1.23. The highest BCUT2D eigenvalue weighted by Crippen LogP contribution is 2.22. The van der Waals surface area contributed by atoms with E-state index in [0.29, 0.717) is 19.8 Å². The molecule has 0 amide bonds. The quantitative estimate of drug-likeness (QED) is 0.569. The van der Waals surface area contributed by atoms with Crippen molar-refractivity contribution in [3.05, 3.63) is 35.4 Å². The van der Waals surface area contributed by atoms with E-state index in [1.165, 1.54) is 5.56 Å². The number of carbonyl (C=O) groups is 1. The predicted molar refractivity (Wildman–Crippen MR) is 84.8 cm³/mol. The third-order valence-electron chi connectivity index (χ3n) is 3.36. The number of rotatable bonds is 8. The van der Waals surface area contributed by atoms with Crippen molar-refractivity contribution in [2.45, 2.75) is 39.2 Å². The fraction of sp³-hybridized carbons (Fsp3) is 0.588. The third kappa shape index (κ3) is 5.96. The van der Waals surface area contributed by atoms with Crippen molar-refractivity contribution in [2.24, 2.45) is 0 Å². The summed E-state index contributed by atoms with van der Waals surface area (Å²) in [5.74, 6) is 0.0811. The summed E-state index contributed by atoms with van der Waals surface area (Å²) in [4.78, 5) is 12.3.